The Hall–Kier alpha value is -0.610. The molecular formula is C16H32N2O2. The van der Waals surface area contributed by atoms with E-state index < -0.39 is 5.54 Å². The lowest BCUT2D eigenvalue weighted by atomic mass is 9.89. The van der Waals surface area contributed by atoms with Crippen LogP contribution < -0.4 is 5.32 Å². The molecule has 0 aromatic rings. The number of esters is 1. The first-order chi connectivity index (χ1) is 9.54. The van der Waals surface area contributed by atoms with Crippen molar-refractivity contribution in [2.24, 2.45) is 5.92 Å². The van der Waals surface area contributed by atoms with E-state index in [0.29, 0.717) is 6.61 Å². The van der Waals surface area contributed by atoms with E-state index >= 15 is 0 Å². The molecule has 0 amide bonds. The van der Waals surface area contributed by atoms with Crippen molar-refractivity contribution in [1.82, 2.24) is 10.2 Å². The lowest BCUT2D eigenvalue weighted by Crippen LogP contribution is -2.54. The van der Waals surface area contributed by atoms with Gasteiger partial charge in [-0.05, 0) is 46.2 Å². The summed E-state index contributed by atoms with van der Waals surface area (Å²) in [6.07, 6.45) is 6.54. The standard InChI is InChI=1S/C16H32N2O2/c1-5-14-8-7-10-16(11-9-14,15(19)20-6-2)17-12-13-18(3)4/h14,17H,5-13H2,1-4H3. The summed E-state index contributed by atoms with van der Waals surface area (Å²) in [4.78, 5) is 14.6. The molecule has 1 saturated carbocycles. The molecule has 1 aliphatic rings. The molecule has 0 aliphatic heterocycles. The van der Waals surface area contributed by atoms with Gasteiger partial charge in [-0.2, -0.15) is 0 Å². The predicted molar refractivity (Wildman–Crippen MR) is 82.8 cm³/mol. The second-order valence-electron chi connectivity index (χ2n) is 6.24. The van der Waals surface area contributed by atoms with Gasteiger partial charge in [0.25, 0.3) is 0 Å². The molecule has 0 bridgehead atoms. The minimum Gasteiger partial charge on any atom is -0.465 e. The highest BCUT2D eigenvalue weighted by atomic mass is 16.5. The summed E-state index contributed by atoms with van der Waals surface area (Å²) in [5.41, 5.74) is -0.448. The van der Waals surface area contributed by atoms with Gasteiger partial charge < -0.3 is 15.0 Å². The molecule has 1 N–H and O–H groups in total. The Kier molecular flexibility index (Phi) is 7.52. The Bertz CT molecular complexity index is 294. The van der Waals surface area contributed by atoms with Crippen LogP contribution in [0.2, 0.25) is 0 Å². The second kappa shape index (κ2) is 8.63. The molecule has 118 valence electrons. The average molecular weight is 284 g/mol. The Morgan fingerprint density at radius 3 is 2.65 bits per heavy atom. The van der Waals surface area contributed by atoms with Crippen LogP contribution in [-0.2, 0) is 9.53 Å². The minimum absolute atomic E-state index is 0.0458. The highest BCUT2D eigenvalue weighted by Crippen LogP contribution is 2.32. The van der Waals surface area contributed by atoms with Gasteiger partial charge in [0.15, 0.2) is 0 Å². The zero-order valence-electron chi connectivity index (χ0n) is 13.7. The molecular weight excluding hydrogens is 252 g/mol. The van der Waals surface area contributed by atoms with E-state index in [0.717, 1.165) is 44.7 Å². The van der Waals surface area contributed by atoms with Gasteiger partial charge in [0.05, 0.1) is 6.61 Å². The zero-order valence-corrected chi connectivity index (χ0v) is 13.7. The SMILES string of the molecule is CCOC(=O)C1(NCCN(C)C)CCCC(CC)CC1. The van der Waals surface area contributed by atoms with Gasteiger partial charge in [0.1, 0.15) is 5.54 Å². The number of ether oxygens (including phenoxy) is 1. The smallest absolute Gasteiger partial charge is 0.326 e. The Labute approximate surface area is 124 Å². The van der Waals surface area contributed by atoms with E-state index in [9.17, 15) is 4.79 Å². The molecule has 4 nitrogen and oxygen atoms in total. The monoisotopic (exact) mass is 284 g/mol. The molecule has 0 heterocycles. The van der Waals surface area contributed by atoms with Crippen LogP contribution >= 0.6 is 0 Å². The van der Waals surface area contributed by atoms with Gasteiger partial charge in [-0.1, -0.05) is 26.2 Å². The molecule has 0 aromatic carbocycles. The summed E-state index contributed by atoms with van der Waals surface area (Å²) < 4.78 is 5.35. The number of hydrogen-bond acceptors (Lipinski definition) is 4. The second-order valence-corrected chi connectivity index (χ2v) is 6.24. The molecule has 4 heteroatoms. The van der Waals surface area contributed by atoms with Gasteiger partial charge in [0.2, 0.25) is 0 Å². The van der Waals surface area contributed by atoms with Gasteiger partial charge in [-0.25, -0.2) is 0 Å². The summed E-state index contributed by atoms with van der Waals surface area (Å²) in [6.45, 7) is 6.38. The van der Waals surface area contributed by atoms with E-state index in [1.165, 1.54) is 12.8 Å². The van der Waals surface area contributed by atoms with E-state index in [1.54, 1.807) is 0 Å². The number of nitrogens with zero attached hydrogens (tertiary/aromatic N) is 1. The third-order valence-electron chi connectivity index (χ3n) is 4.46. The van der Waals surface area contributed by atoms with Crippen LogP contribution in [0.4, 0.5) is 0 Å². The van der Waals surface area contributed by atoms with Crippen LogP contribution in [0.25, 0.3) is 0 Å². The Morgan fingerprint density at radius 1 is 1.30 bits per heavy atom. The molecule has 20 heavy (non-hydrogen) atoms. The highest BCUT2D eigenvalue weighted by molar-refractivity contribution is 5.80. The highest BCUT2D eigenvalue weighted by Gasteiger charge is 2.40. The van der Waals surface area contributed by atoms with Gasteiger partial charge in [-0.3, -0.25) is 4.79 Å². The van der Waals surface area contributed by atoms with Crippen LogP contribution in [0.1, 0.15) is 52.4 Å². The molecule has 0 aromatic heterocycles. The molecule has 0 spiro atoms. The predicted octanol–water partition coefficient (Wildman–Crippen LogP) is 2.43. The topological polar surface area (TPSA) is 41.6 Å². The summed E-state index contributed by atoms with van der Waals surface area (Å²) in [5.74, 6) is 0.720. The number of likely N-dealkylation sites (N-methyl/N-ethyl adjacent to an activating group) is 1. The normalized spacial score (nSPS) is 27.4. The van der Waals surface area contributed by atoms with Gasteiger partial charge in [0, 0.05) is 13.1 Å². The van der Waals surface area contributed by atoms with E-state index in [-0.39, 0.29) is 5.97 Å². The first-order valence-electron chi connectivity index (χ1n) is 8.11. The number of rotatable bonds is 7. The molecule has 2 unspecified atom stereocenters. The van der Waals surface area contributed by atoms with Crippen molar-refractivity contribution in [3.8, 4) is 0 Å². The first-order valence-corrected chi connectivity index (χ1v) is 8.11. The third kappa shape index (κ3) is 5.06. The van der Waals surface area contributed by atoms with Gasteiger partial charge in [-0.15, -0.1) is 0 Å². The maximum absolute atomic E-state index is 12.4. The largest absolute Gasteiger partial charge is 0.465 e. The summed E-state index contributed by atoms with van der Waals surface area (Å²) in [5, 5.41) is 3.52. The number of carbonyl (C=O) groups excluding carboxylic acids is 1. The van der Waals surface area contributed by atoms with Crippen molar-refractivity contribution in [2.45, 2.75) is 57.9 Å². The first kappa shape index (κ1) is 17.4. The van der Waals surface area contributed by atoms with E-state index in [2.05, 4.69) is 31.2 Å². The number of carbonyl (C=O) groups is 1. The number of hydrogen-bond donors (Lipinski definition) is 1. The Morgan fingerprint density at radius 2 is 2.05 bits per heavy atom. The van der Waals surface area contributed by atoms with Crippen LogP contribution in [0.3, 0.4) is 0 Å². The lowest BCUT2D eigenvalue weighted by molar-refractivity contribution is -0.152. The summed E-state index contributed by atoms with van der Waals surface area (Å²) in [6, 6.07) is 0. The Balaban J connectivity index is 2.70. The maximum atomic E-state index is 12.4. The molecule has 1 rings (SSSR count). The number of nitrogens with one attached hydrogen (secondary N) is 1. The van der Waals surface area contributed by atoms with Crippen molar-refractivity contribution in [3.05, 3.63) is 0 Å². The zero-order chi connectivity index (χ0) is 15.0. The summed E-state index contributed by atoms with van der Waals surface area (Å²) in [7, 11) is 4.11. The van der Waals surface area contributed by atoms with Crippen molar-refractivity contribution >= 4 is 5.97 Å². The fourth-order valence-corrected chi connectivity index (χ4v) is 3.06. The van der Waals surface area contributed by atoms with Crippen LogP contribution in [0.5, 0.6) is 0 Å². The third-order valence-corrected chi connectivity index (χ3v) is 4.46. The van der Waals surface area contributed by atoms with Crippen molar-refractivity contribution in [2.75, 3.05) is 33.8 Å². The van der Waals surface area contributed by atoms with Crippen molar-refractivity contribution < 1.29 is 9.53 Å². The molecule has 2 atom stereocenters. The quantitative estimate of drug-likeness (QED) is 0.576. The molecule has 1 fully saturated rings. The maximum Gasteiger partial charge on any atom is 0.326 e. The van der Waals surface area contributed by atoms with Crippen LogP contribution in [0.15, 0.2) is 0 Å². The average Bonchev–Trinajstić information content (AvgIpc) is 2.62. The lowest BCUT2D eigenvalue weighted by Gasteiger charge is -2.32. The van der Waals surface area contributed by atoms with Crippen molar-refractivity contribution in [1.29, 1.82) is 0 Å². The van der Waals surface area contributed by atoms with E-state index in [4.69, 9.17) is 4.74 Å². The fraction of sp³-hybridized carbons (Fsp3) is 0.938. The summed E-state index contributed by atoms with van der Waals surface area (Å²) >= 11 is 0. The molecule has 0 saturated heterocycles. The fourth-order valence-electron chi connectivity index (χ4n) is 3.06. The molecule has 1 aliphatic carbocycles. The van der Waals surface area contributed by atoms with Gasteiger partial charge >= 0.3 is 5.97 Å². The van der Waals surface area contributed by atoms with Crippen LogP contribution in [-0.4, -0.2) is 50.2 Å². The van der Waals surface area contributed by atoms with E-state index in [1.807, 2.05) is 6.92 Å². The van der Waals surface area contributed by atoms with Crippen molar-refractivity contribution in [3.63, 3.8) is 0 Å². The molecule has 0 radical (unpaired) electrons. The minimum atomic E-state index is -0.448. The van der Waals surface area contributed by atoms with Crippen LogP contribution in [0, 0.1) is 5.92 Å².